The molecule has 0 radical (unpaired) electrons. The molecule has 0 aromatic carbocycles. The summed E-state index contributed by atoms with van der Waals surface area (Å²) in [5.41, 5.74) is 0. The summed E-state index contributed by atoms with van der Waals surface area (Å²) in [7, 11) is -1.95. The minimum atomic E-state index is -3.49. The molecule has 0 fully saturated rings. The largest absolute Gasteiger partial charge is 0.383 e. The highest BCUT2D eigenvalue weighted by Gasteiger charge is 2.28. The lowest BCUT2D eigenvalue weighted by Crippen LogP contribution is -2.41. The van der Waals surface area contributed by atoms with Crippen LogP contribution >= 0.6 is 0 Å². The summed E-state index contributed by atoms with van der Waals surface area (Å²) in [5.74, 6) is 0. The molecule has 0 saturated carbocycles. The Labute approximate surface area is 95.7 Å². The van der Waals surface area contributed by atoms with E-state index in [-0.39, 0.29) is 11.1 Å². The molecule has 0 aliphatic rings. The van der Waals surface area contributed by atoms with Gasteiger partial charge in [-0.15, -0.1) is 0 Å². The number of H-pyrrole nitrogens is 1. The zero-order valence-electron chi connectivity index (χ0n) is 9.67. The first-order chi connectivity index (χ1) is 7.54. The lowest BCUT2D eigenvalue weighted by molar-refractivity contribution is 0.142. The van der Waals surface area contributed by atoms with Gasteiger partial charge in [0, 0.05) is 19.7 Å². The van der Waals surface area contributed by atoms with Crippen LogP contribution in [0.5, 0.6) is 0 Å². The molecule has 1 N–H and O–H groups in total. The standard InChI is InChI=1S/C9H17N3O3S/c1-4-12(8(2)7-15-3)16(13,14)9-5-6-10-11-9/h5-6,8H,4,7H2,1-3H3,(H,10,11). The summed E-state index contributed by atoms with van der Waals surface area (Å²) in [6, 6.07) is 1.24. The van der Waals surface area contributed by atoms with Crippen LogP contribution in [0.15, 0.2) is 17.3 Å². The van der Waals surface area contributed by atoms with Crippen molar-refractivity contribution < 1.29 is 13.2 Å². The van der Waals surface area contributed by atoms with E-state index >= 15 is 0 Å². The van der Waals surface area contributed by atoms with E-state index in [1.165, 1.54) is 16.6 Å². The zero-order valence-corrected chi connectivity index (χ0v) is 10.5. The second-order valence-corrected chi connectivity index (χ2v) is 5.29. The first-order valence-corrected chi connectivity index (χ1v) is 6.48. The Bertz CT molecular complexity index is 402. The number of ether oxygens (including phenoxy) is 1. The number of nitrogens with one attached hydrogen (secondary N) is 1. The first-order valence-electron chi connectivity index (χ1n) is 5.04. The van der Waals surface area contributed by atoms with Crippen LogP contribution in [0.4, 0.5) is 0 Å². The Morgan fingerprint density at radius 3 is 2.75 bits per heavy atom. The number of aromatic amines is 1. The highest BCUT2D eigenvalue weighted by atomic mass is 32.2. The lowest BCUT2D eigenvalue weighted by atomic mass is 10.4. The van der Waals surface area contributed by atoms with Gasteiger partial charge in [0.2, 0.25) is 0 Å². The summed E-state index contributed by atoms with van der Waals surface area (Å²) in [6.07, 6.45) is 1.42. The minimum absolute atomic E-state index is 0.109. The van der Waals surface area contributed by atoms with Gasteiger partial charge in [-0.1, -0.05) is 6.92 Å². The molecule has 0 aliphatic heterocycles. The van der Waals surface area contributed by atoms with Gasteiger partial charge in [0.05, 0.1) is 12.8 Å². The third-order valence-electron chi connectivity index (χ3n) is 2.27. The normalized spacial score (nSPS) is 14.2. The van der Waals surface area contributed by atoms with Gasteiger partial charge in [0.1, 0.15) is 0 Å². The summed E-state index contributed by atoms with van der Waals surface area (Å²) in [6.45, 7) is 4.36. The second-order valence-electron chi connectivity index (χ2n) is 3.43. The van der Waals surface area contributed by atoms with Gasteiger partial charge in [-0.2, -0.15) is 9.40 Å². The molecular formula is C9H17N3O3S. The molecule has 1 atom stereocenters. The monoisotopic (exact) mass is 247 g/mol. The highest BCUT2D eigenvalue weighted by molar-refractivity contribution is 7.89. The molecule has 1 unspecified atom stereocenters. The SMILES string of the molecule is CCN(C(C)COC)S(=O)(=O)c1ccn[nH]1. The number of hydrogen-bond acceptors (Lipinski definition) is 4. The summed E-state index contributed by atoms with van der Waals surface area (Å²) >= 11 is 0. The minimum Gasteiger partial charge on any atom is -0.383 e. The number of methoxy groups -OCH3 is 1. The van der Waals surface area contributed by atoms with Crippen LogP contribution in [0, 0.1) is 0 Å². The van der Waals surface area contributed by atoms with E-state index in [9.17, 15) is 8.42 Å². The third kappa shape index (κ3) is 2.60. The fraction of sp³-hybridized carbons (Fsp3) is 0.667. The maximum absolute atomic E-state index is 12.1. The van der Waals surface area contributed by atoms with E-state index < -0.39 is 10.0 Å². The Morgan fingerprint density at radius 1 is 1.62 bits per heavy atom. The average Bonchev–Trinajstić information content (AvgIpc) is 2.71. The Kier molecular flexibility index (Phi) is 4.45. The molecule has 1 aromatic rings. The predicted molar refractivity (Wildman–Crippen MR) is 59.5 cm³/mol. The predicted octanol–water partition coefficient (Wildman–Crippen LogP) is 0.455. The van der Waals surface area contributed by atoms with E-state index in [2.05, 4.69) is 10.2 Å². The summed E-state index contributed by atoms with van der Waals surface area (Å²) < 4.78 is 30.6. The van der Waals surface area contributed by atoms with E-state index in [1.807, 2.05) is 0 Å². The molecule has 16 heavy (non-hydrogen) atoms. The molecule has 92 valence electrons. The number of likely N-dealkylation sites (N-methyl/N-ethyl adjacent to an activating group) is 1. The number of rotatable bonds is 6. The molecule has 1 aromatic heterocycles. The van der Waals surface area contributed by atoms with Gasteiger partial charge in [-0.25, -0.2) is 8.42 Å². The van der Waals surface area contributed by atoms with Gasteiger partial charge < -0.3 is 4.74 Å². The molecule has 0 aliphatic carbocycles. The van der Waals surface area contributed by atoms with Crippen LogP contribution in [0.25, 0.3) is 0 Å². The van der Waals surface area contributed by atoms with Crippen LogP contribution in [0.2, 0.25) is 0 Å². The van der Waals surface area contributed by atoms with Crippen molar-refractivity contribution in [2.45, 2.75) is 24.9 Å². The number of aromatic nitrogens is 2. The van der Waals surface area contributed by atoms with E-state index in [1.54, 1.807) is 21.0 Å². The van der Waals surface area contributed by atoms with Crippen LogP contribution in [-0.2, 0) is 14.8 Å². The maximum atomic E-state index is 12.1. The van der Waals surface area contributed by atoms with Crippen LogP contribution in [0.1, 0.15) is 13.8 Å². The number of sulfonamides is 1. The summed E-state index contributed by atoms with van der Waals surface area (Å²) in [4.78, 5) is 0. The van der Waals surface area contributed by atoms with Crippen molar-refractivity contribution in [3.8, 4) is 0 Å². The van der Waals surface area contributed by atoms with E-state index in [4.69, 9.17) is 4.74 Å². The Balaban J connectivity index is 2.96. The lowest BCUT2D eigenvalue weighted by Gasteiger charge is -2.25. The van der Waals surface area contributed by atoms with Crippen molar-refractivity contribution in [2.24, 2.45) is 0 Å². The smallest absolute Gasteiger partial charge is 0.260 e. The van der Waals surface area contributed by atoms with Gasteiger partial charge >= 0.3 is 0 Å². The molecular weight excluding hydrogens is 230 g/mol. The molecule has 0 bridgehead atoms. The van der Waals surface area contributed by atoms with Gasteiger partial charge in [0.15, 0.2) is 5.03 Å². The van der Waals surface area contributed by atoms with Crippen LogP contribution < -0.4 is 0 Å². The molecule has 0 saturated heterocycles. The van der Waals surface area contributed by atoms with Crippen molar-refractivity contribution in [1.82, 2.24) is 14.5 Å². The van der Waals surface area contributed by atoms with E-state index in [0.717, 1.165) is 0 Å². The van der Waals surface area contributed by atoms with Crippen molar-refractivity contribution in [3.63, 3.8) is 0 Å². The average molecular weight is 247 g/mol. The quantitative estimate of drug-likeness (QED) is 0.792. The first kappa shape index (κ1) is 13.1. The van der Waals surface area contributed by atoms with Gasteiger partial charge in [0.25, 0.3) is 10.0 Å². The second kappa shape index (κ2) is 5.42. The maximum Gasteiger partial charge on any atom is 0.260 e. The van der Waals surface area contributed by atoms with Gasteiger partial charge in [-0.05, 0) is 13.0 Å². The highest BCUT2D eigenvalue weighted by Crippen LogP contribution is 2.15. The zero-order chi connectivity index (χ0) is 12.2. The molecule has 0 spiro atoms. The van der Waals surface area contributed by atoms with Crippen LogP contribution in [0.3, 0.4) is 0 Å². The number of hydrogen-bond donors (Lipinski definition) is 1. The van der Waals surface area contributed by atoms with Crippen LogP contribution in [-0.4, -0.2) is 49.2 Å². The van der Waals surface area contributed by atoms with Crippen molar-refractivity contribution in [2.75, 3.05) is 20.3 Å². The van der Waals surface area contributed by atoms with Crippen molar-refractivity contribution in [1.29, 1.82) is 0 Å². The third-order valence-corrected chi connectivity index (χ3v) is 4.29. The topological polar surface area (TPSA) is 75.3 Å². The van der Waals surface area contributed by atoms with E-state index in [0.29, 0.717) is 13.2 Å². The molecule has 7 heteroatoms. The summed E-state index contributed by atoms with van der Waals surface area (Å²) in [5, 5.41) is 6.23. The molecule has 1 rings (SSSR count). The Morgan fingerprint density at radius 2 is 2.31 bits per heavy atom. The fourth-order valence-corrected chi connectivity index (χ4v) is 3.08. The number of nitrogens with zero attached hydrogens (tertiary/aromatic N) is 2. The van der Waals surface area contributed by atoms with Crippen molar-refractivity contribution >= 4 is 10.0 Å². The molecule has 1 heterocycles. The Hall–Kier alpha value is -0.920. The molecule has 0 amide bonds. The van der Waals surface area contributed by atoms with Crippen molar-refractivity contribution in [3.05, 3.63) is 12.3 Å². The van der Waals surface area contributed by atoms with Gasteiger partial charge in [-0.3, -0.25) is 5.10 Å². The molecule has 6 nitrogen and oxygen atoms in total. The fourth-order valence-electron chi connectivity index (χ4n) is 1.56.